The molecule has 19 heavy (non-hydrogen) atoms. The average molecular weight is 259 g/mol. The van der Waals surface area contributed by atoms with Crippen molar-refractivity contribution in [3.05, 3.63) is 42.0 Å². The molecule has 1 N–H and O–H groups in total. The smallest absolute Gasteiger partial charge is 0.119 e. The standard InChI is InChI=1S/C16H21NO2/c1-12(17-8-9-18-2)13-4-5-15-11-16(19-3)7-6-14(15)10-13/h4-7,10-12,17H,8-9H2,1-3H3. The number of hydrogen-bond acceptors (Lipinski definition) is 3. The van der Waals surface area contributed by atoms with Crippen LogP contribution in [0.3, 0.4) is 0 Å². The Morgan fingerprint density at radius 1 is 1.05 bits per heavy atom. The molecule has 0 fully saturated rings. The quantitative estimate of drug-likeness (QED) is 0.808. The molecule has 102 valence electrons. The zero-order chi connectivity index (χ0) is 13.7. The molecule has 0 aliphatic carbocycles. The van der Waals surface area contributed by atoms with Crippen LogP contribution in [0.4, 0.5) is 0 Å². The van der Waals surface area contributed by atoms with E-state index < -0.39 is 0 Å². The van der Waals surface area contributed by atoms with Gasteiger partial charge in [0.05, 0.1) is 13.7 Å². The molecule has 0 aliphatic heterocycles. The largest absolute Gasteiger partial charge is 0.497 e. The summed E-state index contributed by atoms with van der Waals surface area (Å²) in [6.45, 7) is 3.76. The summed E-state index contributed by atoms with van der Waals surface area (Å²) in [6, 6.07) is 13.0. The molecule has 0 heterocycles. The fraction of sp³-hybridized carbons (Fsp3) is 0.375. The fourth-order valence-corrected chi connectivity index (χ4v) is 2.13. The molecule has 2 aromatic carbocycles. The molecule has 0 radical (unpaired) electrons. The lowest BCUT2D eigenvalue weighted by atomic mass is 10.0. The Morgan fingerprint density at radius 3 is 2.53 bits per heavy atom. The lowest BCUT2D eigenvalue weighted by Crippen LogP contribution is -2.22. The number of hydrogen-bond donors (Lipinski definition) is 1. The van der Waals surface area contributed by atoms with Crippen molar-refractivity contribution in [2.45, 2.75) is 13.0 Å². The van der Waals surface area contributed by atoms with Crippen molar-refractivity contribution in [3.8, 4) is 5.75 Å². The molecular weight excluding hydrogens is 238 g/mol. The van der Waals surface area contributed by atoms with E-state index in [0.29, 0.717) is 6.04 Å². The Bertz CT molecular complexity index is 539. The van der Waals surface area contributed by atoms with E-state index in [1.807, 2.05) is 6.07 Å². The minimum Gasteiger partial charge on any atom is -0.497 e. The lowest BCUT2D eigenvalue weighted by molar-refractivity contribution is 0.196. The molecule has 0 amide bonds. The molecule has 0 aliphatic rings. The van der Waals surface area contributed by atoms with Gasteiger partial charge in [0.1, 0.15) is 5.75 Å². The first-order chi connectivity index (χ1) is 9.24. The average Bonchev–Trinajstić information content (AvgIpc) is 2.46. The van der Waals surface area contributed by atoms with E-state index in [1.165, 1.54) is 16.3 Å². The normalized spacial score (nSPS) is 12.6. The molecule has 0 aromatic heterocycles. The van der Waals surface area contributed by atoms with Crippen molar-refractivity contribution in [2.24, 2.45) is 0 Å². The molecule has 3 heteroatoms. The third kappa shape index (κ3) is 3.46. The van der Waals surface area contributed by atoms with E-state index >= 15 is 0 Å². The highest BCUT2D eigenvalue weighted by Crippen LogP contribution is 2.24. The Labute approximate surface area is 114 Å². The van der Waals surface area contributed by atoms with Crippen LogP contribution in [-0.4, -0.2) is 27.4 Å². The summed E-state index contributed by atoms with van der Waals surface area (Å²) in [5.74, 6) is 0.895. The molecule has 3 nitrogen and oxygen atoms in total. The molecule has 1 unspecified atom stereocenters. The first kappa shape index (κ1) is 13.8. The van der Waals surface area contributed by atoms with Crippen molar-refractivity contribution >= 4 is 10.8 Å². The maximum Gasteiger partial charge on any atom is 0.119 e. The van der Waals surface area contributed by atoms with Gasteiger partial charge in [-0.15, -0.1) is 0 Å². The van der Waals surface area contributed by atoms with Gasteiger partial charge in [-0.3, -0.25) is 0 Å². The summed E-state index contributed by atoms with van der Waals surface area (Å²) in [5.41, 5.74) is 1.29. The zero-order valence-corrected chi connectivity index (χ0v) is 11.8. The molecule has 1 atom stereocenters. The lowest BCUT2D eigenvalue weighted by Gasteiger charge is -2.15. The maximum absolute atomic E-state index is 5.24. The molecule has 0 spiro atoms. The number of benzene rings is 2. The molecular formula is C16H21NO2. The van der Waals surface area contributed by atoms with Gasteiger partial charge >= 0.3 is 0 Å². The first-order valence-electron chi connectivity index (χ1n) is 6.54. The fourth-order valence-electron chi connectivity index (χ4n) is 2.13. The van der Waals surface area contributed by atoms with Crippen molar-refractivity contribution in [1.82, 2.24) is 5.32 Å². The molecule has 2 rings (SSSR count). The van der Waals surface area contributed by atoms with Crippen molar-refractivity contribution in [2.75, 3.05) is 27.4 Å². The van der Waals surface area contributed by atoms with Crippen molar-refractivity contribution < 1.29 is 9.47 Å². The number of rotatable bonds is 6. The predicted molar refractivity (Wildman–Crippen MR) is 78.8 cm³/mol. The summed E-state index contributed by atoms with van der Waals surface area (Å²) < 4.78 is 10.3. The number of fused-ring (bicyclic) bond motifs is 1. The SMILES string of the molecule is COCCNC(C)c1ccc2cc(OC)ccc2c1. The predicted octanol–water partition coefficient (Wildman–Crippen LogP) is 3.15. The highest BCUT2D eigenvalue weighted by atomic mass is 16.5. The van der Waals surface area contributed by atoms with Gasteiger partial charge in [-0.25, -0.2) is 0 Å². The number of nitrogens with one attached hydrogen (secondary N) is 1. The topological polar surface area (TPSA) is 30.5 Å². The molecule has 0 saturated heterocycles. The van der Waals surface area contributed by atoms with Gasteiger partial charge in [-0.1, -0.05) is 18.2 Å². The van der Waals surface area contributed by atoms with Crippen LogP contribution in [0.15, 0.2) is 36.4 Å². The van der Waals surface area contributed by atoms with Gasteiger partial charge < -0.3 is 14.8 Å². The van der Waals surface area contributed by atoms with Gasteiger partial charge in [0.15, 0.2) is 0 Å². The van der Waals surface area contributed by atoms with Crippen LogP contribution < -0.4 is 10.1 Å². The van der Waals surface area contributed by atoms with E-state index in [2.05, 4.69) is 42.6 Å². The van der Waals surface area contributed by atoms with Gasteiger partial charge in [-0.2, -0.15) is 0 Å². The van der Waals surface area contributed by atoms with Gasteiger partial charge in [0.25, 0.3) is 0 Å². The number of ether oxygens (including phenoxy) is 2. The monoisotopic (exact) mass is 259 g/mol. The Balaban J connectivity index is 2.16. The Hall–Kier alpha value is -1.58. The minimum atomic E-state index is 0.321. The van der Waals surface area contributed by atoms with E-state index in [1.54, 1.807) is 14.2 Å². The summed E-state index contributed by atoms with van der Waals surface area (Å²) in [5, 5.41) is 5.87. The van der Waals surface area contributed by atoms with E-state index in [9.17, 15) is 0 Å². The first-order valence-corrected chi connectivity index (χ1v) is 6.54. The van der Waals surface area contributed by atoms with Crippen LogP contribution in [0.1, 0.15) is 18.5 Å². The van der Waals surface area contributed by atoms with Crippen molar-refractivity contribution in [1.29, 1.82) is 0 Å². The molecule has 0 saturated carbocycles. The highest BCUT2D eigenvalue weighted by molar-refractivity contribution is 5.84. The summed E-state index contributed by atoms with van der Waals surface area (Å²) >= 11 is 0. The van der Waals surface area contributed by atoms with E-state index in [-0.39, 0.29) is 0 Å². The Kier molecular flexibility index (Phi) is 4.77. The second-order valence-corrected chi connectivity index (χ2v) is 4.64. The summed E-state index contributed by atoms with van der Waals surface area (Å²) in [6.07, 6.45) is 0. The van der Waals surface area contributed by atoms with E-state index in [0.717, 1.165) is 18.9 Å². The van der Waals surface area contributed by atoms with Crippen LogP contribution in [-0.2, 0) is 4.74 Å². The molecule has 2 aromatic rings. The van der Waals surface area contributed by atoms with Crippen LogP contribution in [0.5, 0.6) is 5.75 Å². The van der Waals surface area contributed by atoms with Crippen LogP contribution in [0, 0.1) is 0 Å². The van der Waals surface area contributed by atoms with E-state index in [4.69, 9.17) is 9.47 Å². The number of methoxy groups -OCH3 is 2. The van der Waals surface area contributed by atoms with Gasteiger partial charge in [0, 0.05) is 19.7 Å². The van der Waals surface area contributed by atoms with Crippen molar-refractivity contribution in [3.63, 3.8) is 0 Å². The van der Waals surface area contributed by atoms with Crippen LogP contribution in [0.2, 0.25) is 0 Å². The zero-order valence-electron chi connectivity index (χ0n) is 11.8. The highest BCUT2D eigenvalue weighted by Gasteiger charge is 2.05. The minimum absolute atomic E-state index is 0.321. The second kappa shape index (κ2) is 6.55. The third-order valence-corrected chi connectivity index (χ3v) is 3.33. The van der Waals surface area contributed by atoms with Gasteiger partial charge in [0.2, 0.25) is 0 Å². The van der Waals surface area contributed by atoms with Gasteiger partial charge in [-0.05, 0) is 41.5 Å². The Morgan fingerprint density at radius 2 is 1.79 bits per heavy atom. The van der Waals surface area contributed by atoms with Crippen LogP contribution in [0.25, 0.3) is 10.8 Å². The second-order valence-electron chi connectivity index (χ2n) is 4.64. The summed E-state index contributed by atoms with van der Waals surface area (Å²) in [4.78, 5) is 0. The summed E-state index contributed by atoms with van der Waals surface area (Å²) in [7, 11) is 3.41. The maximum atomic E-state index is 5.24. The van der Waals surface area contributed by atoms with Crippen LogP contribution >= 0.6 is 0 Å². The third-order valence-electron chi connectivity index (χ3n) is 3.33. The molecule has 0 bridgehead atoms.